The van der Waals surface area contributed by atoms with E-state index in [2.05, 4.69) is 55.0 Å². The molecule has 1 aliphatic rings. The van der Waals surface area contributed by atoms with E-state index in [9.17, 15) is 4.79 Å². The Labute approximate surface area is 227 Å². The fourth-order valence-electron chi connectivity index (χ4n) is 4.59. The number of amides is 1. The number of fused-ring (bicyclic) bond motifs is 1. The van der Waals surface area contributed by atoms with Crippen molar-refractivity contribution in [3.8, 4) is 22.8 Å². The Hall–Kier alpha value is -4.41. The van der Waals surface area contributed by atoms with Crippen LogP contribution >= 0.6 is 0 Å². The number of aryl methyl sites for hydroxylation is 1. The molecule has 2 N–H and O–H groups in total. The van der Waals surface area contributed by atoms with Crippen LogP contribution in [0.15, 0.2) is 67.6 Å². The zero-order chi connectivity index (χ0) is 27.2. The summed E-state index contributed by atoms with van der Waals surface area (Å²) < 4.78 is 19.2. The van der Waals surface area contributed by atoms with Gasteiger partial charge in [0.05, 0.1) is 37.4 Å². The van der Waals surface area contributed by atoms with Crippen LogP contribution in [-0.4, -0.2) is 71.9 Å². The maximum absolute atomic E-state index is 12.2. The topological polar surface area (TPSA) is 103 Å². The molecule has 2 aromatic heterocycles. The lowest BCUT2D eigenvalue weighted by Crippen LogP contribution is -2.38. The van der Waals surface area contributed by atoms with Crippen LogP contribution in [0.4, 0.5) is 17.2 Å². The minimum Gasteiger partial charge on any atom is -0.494 e. The molecule has 1 aliphatic heterocycles. The van der Waals surface area contributed by atoms with E-state index in [-0.39, 0.29) is 5.91 Å². The molecule has 3 heterocycles. The van der Waals surface area contributed by atoms with Crippen molar-refractivity contribution < 1.29 is 19.0 Å². The van der Waals surface area contributed by atoms with Gasteiger partial charge in [-0.25, -0.2) is 9.97 Å². The van der Waals surface area contributed by atoms with Crippen molar-refractivity contribution >= 4 is 34.0 Å². The van der Waals surface area contributed by atoms with E-state index in [1.165, 1.54) is 12.4 Å². The molecule has 0 atom stereocenters. The summed E-state index contributed by atoms with van der Waals surface area (Å²) >= 11 is 0. The Morgan fingerprint density at radius 1 is 1.13 bits per heavy atom. The molecule has 1 saturated heterocycles. The highest BCUT2D eigenvalue weighted by Crippen LogP contribution is 2.38. The minimum atomic E-state index is -0.343. The highest BCUT2D eigenvalue weighted by Gasteiger charge is 2.17. The summed E-state index contributed by atoms with van der Waals surface area (Å²) in [7, 11) is 3.60. The minimum absolute atomic E-state index is 0.343. The normalized spacial score (nSPS) is 13.7. The van der Waals surface area contributed by atoms with Gasteiger partial charge in [0.2, 0.25) is 5.91 Å². The second-order valence-corrected chi connectivity index (χ2v) is 9.13. The largest absolute Gasteiger partial charge is 0.494 e. The number of para-hydroxylation sites is 1. The van der Waals surface area contributed by atoms with Gasteiger partial charge in [-0.1, -0.05) is 24.8 Å². The third-order valence-electron chi connectivity index (χ3n) is 6.62. The number of carbonyl (C=O) groups is 1. The molecule has 0 spiro atoms. The number of rotatable bonds is 10. The Morgan fingerprint density at radius 3 is 2.74 bits per heavy atom. The second kappa shape index (κ2) is 12.0. The van der Waals surface area contributed by atoms with E-state index >= 15 is 0 Å². The lowest BCUT2D eigenvalue weighted by Gasteiger charge is -2.26. The number of hydrogen-bond acceptors (Lipinski definition) is 8. The average Bonchev–Trinajstić information content (AvgIpc) is 3.31. The van der Waals surface area contributed by atoms with Gasteiger partial charge in [-0.05, 0) is 18.2 Å². The molecule has 0 aliphatic carbocycles. The lowest BCUT2D eigenvalue weighted by atomic mass is 10.1. The van der Waals surface area contributed by atoms with Gasteiger partial charge in [0.1, 0.15) is 30.3 Å². The van der Waals surface area contributed by atoms with Crippen LogP contribution in [-0.2, 0) is 16.6 Å². The first-order chi connectivity index (χ1) is 19.1. The predicted molar refractivity (Wildman–Crippen MR) is 152 cm³/mol. The lowest BCUT2D eigenvalue weighted by molar-refractivity contribution is -0.111. The molecule has 0 unspecified atom stereocenters. The van der Waals surface area contributed by atoms with Crippen molar-refractivity contribution in [1.82, 2.24) is 19.4 Å². The molecule has 10 heteroatoms. The molecule has 2 aromatic carbocycles. The first-order valence-corrected chi connectivity index (χ1v) is 12.8. The number of methoxy groups -OCH3 is 1. The molecule has 0 bridgehead atoms. The van der Waals surface area contributed by atoms with Crippen molar-refractivity contribution in [3.05, 3.63) is 67.6 Å². The van der Waals surface area contributed by atoms with Gasteiger partial charge in [-0.3, -0.25) is 9.69 Å². The fraction of sp³-hybridized carbons (Fsp3) is 0.276. The molecule has 4 aromatic rings. The molecule has 1 amide bonds. The summed E-state index contributed by atoms with van der Waals surface area (Å²) in [5.74, 6) is 1.27. The Balaban J connectivity index is 1.41. The number of anilines is 3. The van der Waals surface area contributed by atoms with Gasteiger partial charge >= 0.3 is 0 Å². The monoisotopic (exact) mass is 528 g/mol. The molecule has 1 fully saturated rings. The smallest absolute Gasteiger partial charge is 0.247 e. The van der Waals surface area contributed by atoms with Crippen molar-refractivity contribution in [3.63, 3.8) is 0 Å². The number of benzene rings is 2. The van der Waals surface area contributed by atoms with Gasteiger partial charge in [0.25, 0.3) is 0 Å². The van der Waals surface area contributed by atoms with Gasteiger partial charge in [-0.2, -0.15) is 0 Å². The number of hydrogen-bond donors (Lipinski definition) is 2. The first kappa shape index (κ1) is 26.2. The van der Waals surface area contributed by atoms with Crippen LogP contribution in [0.25, 0.3) is 22.2 Å². The predicted octanol–water partition coefficient (Wildman–Crippen LogP) is 4.22. The van der Waals surface area contributed by atoms with Crippen molar-refractivity contribution in [2.24, 2.45) is 7.05 Å². The van der Waals surface area contributed by atoms with Crippen molar-refractivity contribution in [2.75, 3.05) is 57.2 Å². The van der Waals surface area contributed by atoms with E-state index in [0.717, 1.165) is 55.0 Å². The van der Waals surface area contributed by atoms with Crippen molar-refractivity contribution in [2.45, 2.75) is 0 Å². The van der Waals surface area contributed by atoms with Crippen LogP contribution in [0.2, 0.25) is 0 Å². The molecular formula is C29H32N6O4. The van der Waals surface area contributed by atoms with Gasteiger partial charge in [0, 0.05) is 61.5 Å². The maximum Gasteiger partial charge on any atom is 0.247 e. The highest BCUT2D eigenvalue weighted by atomic mass is 16.5. The summed E-state index contributed by atoms with van der Waals surface area (Å²) in [4.78, 5) is 23.4. The molecule has 0 radical (unpaired) electrons. The molecule has 10 nitrogen and oxygen atoms in total. The van der Waals surface area contributed by atoms with Gasteiger partial charge in [-0.15, -0.1) is 0 Å². The summed E-state index contributed by atoms with van der Waals surface area (Å²) in [5, 5.41) is 7.26. The van der Waals surface area contributed by atoms with Crippen LogP contribution in [0, 0.1) is 0 Å². The third kappa shape index (κ3) is 6.02. The number of nitrogens with zero attached hydrogens (tertiary/aromatic N) is 4. The van der Waals surface area contributed by atoms with Crippen LogP contribution < -0.4 is 20.1 Å². The molecule has 39 heavy (non-hydrogen) atoms. The Bertz CT molecular complexity index is 1480. The summed E-state index contributed by atoms with van der Waals surface area (Å²) in [6.45, 7) is 7.95. The summed E-state index contributed by atoms with van der Waals surface area (Å²) in [6, 6.07) is 13.6. The average molecular weight is 529 g/mol. The number of nitrogens with one attached hydrogen (secondary N) is 2. The highest BCUT2D eigenvalue weighted by molar-refractivity contribution is 6.00. The number of morpholine rings is 1. The number of aromatic nitrogens is 3. The van der Waals surface area contributed by atoms with Crippen LogP contribution in [0.1, 0.15) is 0 Å². The maximum atomic E-state index is 12.2. The SMILES string of the molecule is C=CC(=O)Nc1cc(Nc2cc(-c3cn(C)c4ccccc34)ncn2)c(OC)cc1OCCN1CCOCC1. The van der Waals surface area contributed by atoms with Crippen LogP contribution in [0.3, 0.4) is 0 Å². The second-order valence-electron chi connectivity index (χ2n) is 9.13. The third-order valence-corrected chi connectivity index (χ3v) is 6.62. The van der Waals surface area contributed by atoms with E-state index in [4.69, 9.17) is 14.2 Å². The summed E-state index contributed by atoms with van der Waals surface area (Å²) in [5.41, 5.74) is 4.02. The van der Waals surface area contributed by atoms with Crippen molar-refractivity contribution in [1.29, 1.82) is 0 Å². The summed E-state index contributed by atoms with van der Waals surface area (Å²) in [6.07, 6.45) is 4.80. The Kier molecular flexibility index (Phi) is 8.04. The van der Waals surface area contributed by atoms with Gasteiger partial charge in [0.15, 0.2) is 0 Å². The molecular weight excluding hydrogens is 496 g/mol. The molecule has 202 valence electrons. The van der Waals surface area contributed by atoms with Gasteiger partial charge < -0.3 is 29.4 Å². The molecule has 0 saturated carbocycles. The molecule has 5 rings (SSSR count). The van der Waals surface area contributed by atoms with Crippen LogP contribution in [0.5, 0.6) is 11.5 Å². The Morgan fingerprint density at radius 2 is 1.95 bits per heavy atom. The number of ether oxygens (including phenoxy) is 3. The van der Waals surface area contributed by atoms with E-state index < -0.39 is 0 Å². The zero-order valence-corrected chi connectivity index (χ0v) is 22.1. The standard InChI is InChI=1S/C29H32N6O4/c1-4-29(36)33-24-15-23(26(37-3)17-27(24)39-14-11-35-9-12-38-13-10-35)32-28-16-22(30-19-31-28)21-18-34(2)25-8-6-5-7-20(21)25/h4-8,15-19H,1,9-14H2,2-3H3,(H,33,36)(H,30,31,32). The van der Waals surface area contributed by atoms with E-state index in [0.29, 0.717) is 35.3 Å². The fourth-order valence-corrected chi connectivity index (χ4v) is 4.59. The van der Waals surface area contributed by atoms with E-state index in [1.807, 2.05) is 25.2 Å². The zero-order valence-electron chi connectivity index (χ0n) is 22.1. The first-order valence-electron chi connectivity index (χ1n) is 12.8. The number of carbonyl (C=O) groups excluding carboxylic acids is 1. The quantitative estimate of drug-likeness (QED) is 0.295. The van der Waals surface area contributed by atoms with E-state index in [1.54, 1.807) is 19.2 Å².